The summed E-state index contributed by atoms with van der Waals surface area (Å²) >= 11 is 0. The number of hydrogen-bond acceptors (Lipinski definition) is 4. The molecule has 0 spiro atoms. The molecule has 1 fully saturated rings. The van der Waals surface area contributed by atoms with Gasteiger partial charge in [-0.2, -0.15) is 0 Å². The number of nitrogens with zero attached hydrogens (tertiary/aromatic N) is 1. The average molecular weight is 353 g/mol. The van der Waals surface area contributed by atoms with E-state index >= 15 is 0 Å². The van der Waals surface area contributed by atoms with Gasteiger partial charge in [-0.25, -0.2) is 4.98 Å². The van der Waals surface area contributed by atoms with E-state index in [1.807, 2.05) is 18.3 Å². The molecule has 2 aromatic heterocycles. The highest BCUT2D eigenvalue weighted by molar-refractivity contribution is 5.87. The Morgan fingerprint density at radius 3 is 2.96 bits per heavy atom. The van der Waals surface area contributed by atoms with Crippen molar-refractivity contribution in [3.8, 4) is 0 Å². The zero-order valence-corrected chi connectivity index (χ0v) is 14.7. The van der Waals surface area contributed by atoms with Gasteiger partial charge in [0.05, 0.1) is 13.0 Å². The summed E-state index contributed by atoms with van der Waals surface area (Å²) in [6.07, 6.45) is 6.03. The number of H-pyrrole nitrogens is 1. The lowest BCUT2D eigenvalue weighted by Gasteiger charge is -2.37. The second-order valence-corrected chi connectivity index (χ2v) is 6.35. The minimum absolute atomic E-state index is 0. The second kappa shape index (κ2) is 8.46. The first-order valence-electron chi connectivity index (χ1n) is 8.10. The molecule has 0 aromatic carbocycles. The van der Waals surface area contributed by atoms with Crippen molar-refractivity contribution in [2.75, 3.05) is 33.4 Å². The van der Waals surface area contributed by atoms with Crippen molar-refractivity contribution in [3.05, 3.63) is 30.1 Å². The number of fused-ring (bicyclic) bond motifs is 1. The molecule has 0 unspecified atom stereocenters. The molecule has 0 aliphatic carbocycles. The van der Waals surface area contributed by atoms with Crippen LogP contribution in [0.1, 0.15) is 18.4 Å². The van der Waals surface area contributed by atoms with Crippen LogP contribution in [0.3, 0.4) is 0 Å². The molecule has 24 heavy (non-hydrogen) atoms. The fourth-order valence-electron chi connectivity index (χ4n) is 3.32. The highest BCUT2D eigenvalue weighted by atomic mass is 35.5. The minimum Gasteiger partial charge on any atom is -0.384 e. The molecule has 0 radical (unpaired) electrons. The first kappa shape index (κ1) is 18.7. The molecule has 2 aromatic rings. The molecule has 1 saturated heterocycles. The lowest BCUT2D eigenvalue weighted by Crippen LogP contribution is -2.47. The number of aromatic nitrogens is 2. The molecule has 3 rings (SSSR count). The smallest absolute Gasteiger partial charge is 0.224 e. The van der Waals surface area contributed by atoms with Crippen molar-refractivity contribution in [1.82, 2.24) is 20.6 Å². The molecule has 6 nitrogen and oxygen atoms in total. The lowest BCUT2D eigenvalue weighted by atomic mass is 9.79. The van der Waals surface area contributed by atoms with Gasteiger partial charge in [0.25, 0.3) is 0 Å². The topological polar surface area (TPSA) is 79.0 Å². The van der Waals surface area contributed by atoms with E-state index in [-0.39, 0.29) is 23.7 Å². The maximum Gasteiger partial charge on any atom is 0.224 e. The normalized spacial score (nSPS) is 16.5. The number of piperidine rings is 1. The number of ether oxygens (including phenoxy) is 1. The molecule has 7 heteroatoms. The minimum atomic E-state index is 0. The summed E-state index contributed by atoms with van der Waals surface area (Å²) in [5.74, 6) is 0.0452. The van der Waals surface area contributed by atoms with E-state index in [1.165, 1.54) is 0 Å². The Labute approximate surface area is 148 Å². The van der Waals surface area contributed by atoms with Crippen LogP contribution < -0.4 is 10.6 Å². The first-order chi connectivity index (χ1) is 11.2. The van der Waals surface area contributed by atoms with Gasteiger partial charge in [0.1, 0.15) is 5.65 Å². The van der Waals surface area contributed by atoms with Crippen molar-refractivity contribution in [1.29, 1.82) is 0 Å². The monoisotopic (exact) mass is 352 g/mol. The molecule has 1 amide bonds. The molecule has 1 aliphatic rings. The fraction of sp³-hybridized carbons (Fsp3) is 0.529. The predicted molar refractivity (Wildman–Crippen MR) is 96.5 cm³/mol. The Hall–Kier alpha value is -1.63. The largest absolute Gasteiger partial charge is 0.384 e. The molecule has 132 valence electrons. The summed E-state index contributed by atoms with van der Waals surface area (Å²) in [6, 6.07) is 3.88. The molecule has 3 heterocycles. The SMILES string of the molecule is COCC1(CNC(=O)Cc2c[nH]c3ncccc23)CCNCC1.Cl. The van der Waals surface area contributed by atoms with Gasteiger partial charge in [-0.05, 0) is 43.6 Å². The van der Waals surface area contributed by atoms with Crippen LogP contribution in [0.5, 0.6) is 0 Å². The molecule has 0 atom stereocenters. The Kier molecular flexibility index (Phi) is 6.60. The first-order valence-corrected chi connectivity index (χ1v) is 8.10. The number of nitrogens with one attached hydrogen (secondary N) is 3. The third-order valence-corrected chi connectivity index (χ3v) is 4.66. The molecule has 0 saturated carbocycles. The van der Waals surface area contributed by atoms with Crippen LogP contribution in [-0.2, 0) is 16.0 Å². The number of carbonyl (C=O) groups is 1. The van der Waals surface area contributed by atoms with Gasteiger partial charge in [-0.15, -0.1) is 12.4 Å². The highest BCUT2D eigenvalue weighted by Gasteiger charge is 2.32. The van der Waals surface area contributed by atoms with Crippen LogP contribution in [0, 0.1) is 5.41 Å². The Bertz CT molecular complexity index is 662. The number of hydrogen-bond donors (Lipinski definition) is 3. The van der Waals surface area contributed by atoms with E-state index in [0.29, 0.717) is 19.6 Å². The Balaban J connectivity index is 0.00000208. The molecule has 3 N–H and O–H groups in total. The molecular formula is C17H25ClN4O2. The average Bonchev–Trinajstić information content (AvgIpc) is 2.98. The van der Waals surface area contributed by atoms with E-state index in [9.17, 15) is 4.79 Å². The van der Waals surface area contributed by atoms with Crippen molar-refractivity contribution < 1.29 is 9.53 Å². The third kappa shape index (κ3) is 4.26. The summed E-state index contributed by atoms with van der Waals surface area (Å²) in [6.45, 7) is 3.31. The van der Waals surface area contributed by atoms with E-state index in [4.69, 9.17) is 4.74 Å². The number of halogens is 1. The van der Waals surface area contributed by atoms with E-state index in [1.54, 1.807) is 13.3 Å². The summed E-state index contributed by atoms with van der Waals surface area (Å²) in [5.41, 5.74) is 1.86. The van der Waals surface area contributed by atoms with Gasteiger partial charge in [0.2, 0.25) is 5.91 Å². The summed E-state index contributed by atoms with van der Waals surface area (Å²) < 4.78 is 5.39. The number of pyridine rings is 1. The highest BCUT2D eigenvalue weighted by Crippen LogP contribution is 2.28. The molecule has 0 bridgehead atoms. The van der Waals surface area contributed by atoms with E-state index < -0.39 is 0 Å². The van der Waals surface area contributed by atoms with Crippen molar-refractivity contribution in [3.63, 3.8) is 0 Å². The van der Waals surface area contributed by atoms with Crippen LogP contribution in [0.4, 0.5) is 0 Å². The Morgan fingerprint density at radius 1 is 1.42 bits per heavy atom. The molecule has 1 aliphatic heterocycles. The van der Waals surface area contributed by atoms with Crippen LogP contribution in [0.25, 0.3) is 11.0 Å². The maximum atomic E-state index is 12.3. The fourth-order valence-corrected chi connectivity index (χ4v) is 3.32. The number of amides is 1. The quantitative estimate of drug-likeness (QED) is 0.738. The van der Waals surface area contributed by atoms with Gasteiger partial charge in [0.15, 0.2) is 0 Å². The second-order valence-electron chi connectivity index (χ2n) is 6.35. The standard InChI is InChI=1S/C17H24N4O2.ClH/c1-23-12-17(4-7-18-8-5-17)11-21-15(22)9-13-10-20-16-14(13)3-2-6-19-16;/h2-3,6,10,18H,4-5,7-9,11-12H2,1H3,(H,19,20)(H,21,22);1H. The van der Waals surface area contributed by atoms with Gasteiger partial charge in [-0.3, -0.25) is 4.79 Å². The van der Waals surface area contributed by atoms with Crippen LogP contribution in [0.15, 0.2) is 24.5 Å². The Morgan fingerprint density at radius 2 is 2.21 bits per heavy atom. The van der Waals surface area contributed by atoms with E-state index in [2.05, 4.69) is 20.6 Å². The maximum absolute atomic E-state index is 12.3. The summed E-state index contributed by atoms with van der Waals surface area (Å²) in [4.78, 5) is 19.7. The van der Waals surface area contributed by atoms with Gasteiger partial charge >= 0.3 is 0 Å². The van der Waals surface area contributed by atoms with Gasteiger partial charge < -0.3 is 20.4 Å². The van der Waals surface area contributed by atoms with E-state index in [0.717, 1.165) is 42.5 Å². The number of aromatic amines is 1. The molecular weight excluding hydrogens is 328 g/mol. The zero-order valence-electron chi connectivity index (χ0n) is 13.9. The van der Waals surface area contributed by atoms with Gasteiger partial charge in [0, 0.05) is 36.8 Å². The summed E-state index contributed by atoms with van der Waals surface area (Å²) in [7, 11) is 1.73. The van der Waals surface area contributed by atoms with Crippen LogP contribution in [-0.4, -0.2) is 49.2 Å². The predicted octanol–water partition coefficient (Wildman–Crippen LogP) is 1.66. The lowest BCUT2D eigenvalue weighted by molar-refractivity contribution is -0.121. The van der Waals surface area contributed by atoms with Crippen LogP contribution in [0.2, 0.25) is 0 Å². The van der Waals surface area contributed by atoms with Crippen molar-refractivity contribution >= 4 is 29.3 Å². The number of rotatable bonds is 6. The van der Waals surface area contributed by atoms with Crippen molar-refractivity contribution in [2.45, 2.75) is 19.3 Å². The number of methoxy groups -OCH3 is 1. The number of carbonyl (C=O) groups excluding carboxylic acids is 1. The zero-order chi connectivity index (χ0) is 16.1. The van der Waals surface area contributed by atoms with Crippen molar-refractivity contribution in [2.24, 2.45) is 5.41 Å². The third-order valence-electron chi connectivity index (χ3n) is 4.66. The summed E-state index contributed by atoms with van der Waals surface area (Å²) in [5, 5.41) is 7.47. The van der Waals surface area contributed by atoms with Gasteiger partial charge in [-0.1, -0.05) is 0 Å². The van der Waals surface area contributed by atoms with Crippen LogP contribution >= 0.6 is 12.4 Å².